The summed E-state index contributed by atoms with van der Waals surface area (Å²) in [5.74, 6) is 0.932. The van der Waals surface area contributed by atoms with E-state index in [1.807, 2.05) is 31.2 Å². The second kappa shape index (κ2) is 5.90. The molecule has 106 valence electrons. The number of benzene rings is 1. The van der Waals surface area contributed by atoms with Gasteiger partial charge in [-0.3, -0.25) is 0 Å². The molecule has 4 nitrogen and oxygen atoms in total. The number of rotatable bonds is 4. The minimum absolute atomic E-state index is 0.332. The lowest BCUT2D eigenvalue weighted by atomic mass is 10.1. The molecule has 0 radical (unpaired) electrons. The van der Waals surface area contributed by atoms with Crippen LogP contribution in [-0.2, 0) is 6.42 Å². The van der Waals surface area contributed by atoms with Crippen molar-refractivity contribution in [1.82, 2.24) is 9.97 Å². The maximum atomic E-state index is 6.00. The van der Waals surface area contributed by atoms with Crippen molar-refractivity contribution in [3.8, 4) is 11.8 Å². The fraction of sp³-hybridized carbons (Fsp3) is 0.375. The zero-order chi connectivity index (χ0) is 14.7. The average molecular weight is 271 g/mol. The Morgan fingerprint density at radius 3 is 2.55 bits per heavy atom. The summed E-state index contributed by atoms with van der Waals surface area (Å²) in [5.41, 5.74) is 9.65. The number of ether oxygens (including phenoxy) is 1. The summed E-state index contributed by atoms with van der Waals surface area (Å²) in [6.07, 6.45) is 0.947. The molecule has 1 aromatic carbocycles. The van der Waals surface area contributed by atoms with Gasteiger partial charge in [0.2, 0.25) is 0 Å². The smallest absolute Gasteiger partial charge is 0.322 e. The minimum atomic E-state index is 0.332. The lowest BCUT2D eigenvalue weighted by Gasteiger charge is -2.11. The molecule has 0 unspecified atom stereocenters. The van der Waals surface area contributed by atoms with Gasteiger partial charge in [0.15, 0.2) is 5.75 Å². The van der Waals surface area contributed by atoms with Gasteiger partial charge in [0.05, 0.1) is 11.4 Å². The molecule has 0 fully saturated rings. The van der Waals surface area contributed by atoms with E-state index < -0.39 is 0 Å². The molecule has 2 rings (SSSR count). The van der Waals surface area contributed by atoms with E-state index in [1.165, 1.54) is 5.56 Å². The molecule has 0 spiro atoms. The van der Waals surface area contributed by atoms with E-state index in [2.05, 4.69) is 30.7 Å². The first-order valence-corrected chi connectivity index (χ1v) is 6.91. The summed E-state index contributed by atoms with van der Waals surface area (Å²) in [5, 5.41) is 0. The number of aryl methyl sites for hydroxylation is 2. The molecule has 4 heteroatoms. The predicted molar refractivity (Wildman–Crippen MR) is 81.2 cm³/mol. The summed E-state index contributed by atoms with van der Waals surface area (Å²) in [4.78, 5) is 8.73. The molecule has 2 aromatic rings. The number of anilines is 1. The van der Waals surface area contributed by atoms with E-state index in [-0.39, 0.29) is 0 Å². The molecule has 2 N–H and O–H groups in total. The first-order chi connectivity index (χ1) is 9.49. The van der Waals surface area contributed by atoms with Crippen LogP contribution in [0.15, 0.2) is 24.3 Å². The van der Waals surface area contributed by atoms with Crippen molar-refractivity contribution in [3.05, 3.63) is 41.2 Å². The third kappa shape index (κ3) is 3.26. The predicted octanol–water partition coefficient (Wildman–Crippen LogP) is 3.85. The zero-order valence-electron chi connectivity index (χ0n) is 12.5. The van der Waals surface area contributed by atoms with Crippen molar-refractivity contribution in [1.29, 1.82) is 0 Å². The molecule has 0 aliphatic heterocycles. The zero-order valence-corrected chi connectivity index (χ0v) is 12.5. The van der Waals surface area contributed by atoms with Crippen LogP contribution in [0, 0.1) is 6.92 Å². The van der Waals surface area contributed by atoms with E-state index in [9.17, 15) is 0 Å². The fourth-order valence-electron chi connectivity index (χ4n) is 1.92. The van der Waals surface area contributed by atoms with Gasteiger partial charge in [0.25, 0.3) is 0 Å². The van der Waals surface area contributed by atoms with Gasteiger partial charge in [0.1, 0.15) is 0 Å². The summed E-state index contributed by atoms with van der Waals surface area (Å²) in [6.45, 7) is 8.21. The SMILES string of the molecule is CCc1ccc(Oc2nc(C)cc(C(C)C)n2)c(N)c1. The molecule has 0 atom stereocenters. The lowest BCUT2D eigenvalue weighted by Crippen LogP contribution is -2.01. The van der Waals surface area contributed by atoms with Crippen LogP contribution in [0.5, 0.6) is 11.8 Å². The average Bonchev–Trinajstić information content (AvgIpc) is 2.40. The highest BCUT2D eigenvalue weighted by Crippen LogP contribution is 2.27. The Morgan fingerprint density at radius 2 is 1.95 bits per heavy atom. The molecule has 1 heterocycles. The molecular formula is C16H21N3O. The van der Waals surface area contributed by atoms with Crippen LogP contribution in [0.2, 0.25) is 0 Å². The number of nitrogens with zero attached hydrogens (tertiary/aromatic N) is 2. The summed E-state index contributed by atoms with van der Waals surface area (Å²) >= 11 is 0. The highest BCUT2D eigenvalue weighted by molar-refractivity contribution is 5.55. The van der Waals surface area contributed by atoms with Crippen LogP contribution in [0.25, 0.3) is 0 Å². The second-order valence-corrected chi connectivity index (χ2v) is 5.20. The van der Waals surface area contributed by atoms with E-state index in [1.54, 1.807) is 0 Å². The fourth-order valence-corrected chi connectivity index (χ4v) is 1.92. The minimum Gasteiger partial charge on any atom is -0.422 e. The molecule has 1 aromatic heterocycles. The van der Waals surface area contributed by atoms with Crippen molar-refractivity contribution in [2.45, 2.75) is 40.0 Å². The highest BCUT2D eigenvalue weighted by Gasteiger charge is 2.09. The molecular weight excluding hydrogens is 250 g/mol. The number of hydrogen-bond donors (Lipinski definition) is 1. The Labute approximate surface area is 120 Å². The van der Waals surface area contributed by atoms with Crippen molar-refractivity contribution in [3.63, 3.8) is 0 Å². The van der Waals surface area contributed by atoms with Crippen LogP contribution in [0.1, 0.15) is 43.6 Å². The number of nitrogen functional groups attached to an aromatic ring is 1. The van der Waals surface area contributed by atoms with Gasteiger partial charge in [-0.25, -0.2) is 4.98 Å². The maximum Gasteiger partial charge on any atom is 0.322 e. The number of aromatic nitrogens is 2. The van der Waals surface area contributed by atoms with Gasteiger partial charge >= 0.3 is 6.01 Å². The van der Waals surface area contributed by atoms with E-state index in [0.717, 1.165) is 17.8 Å². The molecule has 0 aliphatic rings. The van der Waals surface area contributed by atoms with Gasteiger partial charge in [0, 0.05) is 5.69 Å². The number of nitrogens with two attached hydrogens (primary N) is 1. The third-order valence-corrected chi connectivity index (χ3v) is 3.13. The highest BCUT2D eigenvalue weighted by atomic mass is 16.5. The van der Waals surface area contributed by atoms with Crippen molar-refractivity contribution >= 4 is 5.69 Å². The molecule has 0 saturated carbocycles. The first-order valence-electron chi connectivity index (χ1n) is 6.91. The molecule has 20 heavy (non-hydrogen) atoms. The van der Waals surface area contributed by atoms with Crippen LogP contribution in [0.3, 0.4) is 0 Å². The van der Waals surface area contributed by atoms with Gasteiger partial charge in [-0.1, -0.05) is 26.8 Å². The molecule has 0 bridgehead atoms. The topological polar surface area (TPSA) is 61.0 Å². The van der Waals surface area contributed by atoms with Crippen LogP contribution in [-0.4, -0.2) is 9.97 Å². The van der Waals surface area contributed by atoms with E-state index in [0.29, 0.717) is 23.4 Å². The summed E-state index contributed by atoms with van der Waals surface area (Å²) in [7, 11) is 0. The monoisotopic (exact) mass is 271 g/mol. The van der Waals surface area contributed by atoms with Gasteiger partial charge < -0.3 is 10.5 Å². The Balaban J connectivity index is 2.30. The molecule has 0 saturated heterocycles. The third-order valence-electron chi connectivity index (χ3n) is 3.13. The normalized spacial score (nSPS) is 10.8. The van der Waals surface area contributed by atoms with Crippen LogP contribution in [0.4, 0.5) is 5.69 Å². The first kappa shape index (κ1) is 14.3. The van der Waals surface area contributed by atoms with Gasteiger partial charge in [-0.2, -0.15) is 4.98 Å². The van der Waals surface area contributed by atoms with E-state index in [4.69, 9.17) is 10.5 Å². The second-order valence-electron chi connectivity index (χ2n) is 5.20. The van der Waals surface area contributed by atoms with E-state index >= 15 is 0 Å². The lowest BCUT2D eigenvalue weighted by molar-refractivity contribution is 0.438. The summed E-state index contributed by atoms with van der Waals surface area (Å²) < 4.78 is 5.73. The van der Waals surface area contributed by atoms with Crippen molar-refractivity contribution in [2.75, 3.05) is 5.73 Å². The molecule has 0 amide bonds. The Morgan fingerprint density at radius 1 is 1.20 bits per heavy atom. The van der Waals surface area contributed by atoms with Crippen LogP contribution < -0.4 is 10.5 Å². The standard InChI is InChI=1S/C16H21N3O/c1-5-12-6-7-15(13(17)9-12)20-16-18-11(4)8-14(19-16)10(2)3/h6-10H,5,17H2,1-4H3. The summed E-state index contributed by atoms with van der Waals surface area (Å²) in [6, 6.07) is 8.12. The van der Waals surface area contributed by atoms with Gasteiger partial charge in [-0.05, 0) is 43.0 Å². The molecule has 0 aliphatic carbocycles. The Kier molecular flexibility index (Phi) is 4.23. The van der Waals surface area contributed by atoms with Crippen LogP contribution >= 0.6 is 0 Å². The quantitative estimate of drug-likeness (QED) is 0.858. The maximum absolute atomic E-state index is 6.00. The van der Waals surface area contributed by atoms with Crippen molar-refractivity contribution in [2.24, 2.45) is 0 Å². The van der Waals surface area contributed by atoms with Crippen molar-refractivity contribution < 1.29 is 4.74 Å². The largest absolute Gasteiger partial charge is 0.422 e. The Bertz CT molecular complexity index is 609. The Hall–Kier alpha value is -2.10. The van der Waals surface area contributed by atoms with Gasteiger partial charge in [-0.15, -0.1) is 0 Å². The number of hydrogen-bond acceptors (Lipinski definition) is 4.